The molecule has 2 aromatic rings. The van der Waals surface area contributed by atoms with Crippen LogP contribution in [0.3, 0.4) is 0 Å². The molecule has 2 amide bonds. The second-order valence-electron chi connectivity index (χ2n) is 7.32. The zero-order valence-corrected chi connectivity index (χ0v) is 17.6. The van der Waals surface area contributed by atoms with Crippen molar-refractivity contribution in [2.75, 3.05) is 6.54 Å². The van der Waals surface area contributed by atoms with Gasteiger partial charge in [0.25, 0.3) is 0 Å². The van der Waals surface area contributed by atoms with E-state index in [-0.39, 0.29) is 30.6 Å². The lowest BCUT2D eigenvalue weighted by Crippen LogP contribution is -2.49. The largest absolute Gasteiger partial charge is 0.354 e. The van der Waals surface area contributed by atoms with Crippen LogP contribution in [0.15, 0.2) is 48.5 Å². The summed E-state index contributed by atoms with van der Waals surface area (Å²) in [5, 5.41) is 2.95. The predicted octanol–water partition coefficient (Wildman–Crippen LogP) is 4.40. The number of rotatable bonds is 10. The molecule has 0 bridgehead atoms. The van der Waals surface area contributed by atoms with Crippen LogP contribution in [0, 0.1) is 12.7 Å². The maximum Gasteiger partial charge on any atom is 0.242 e. The fourth-order valence-electron chi connectivity index (χ4n) is 3.29. The fourth-order valence-corrected chi connectivity index (χ4v) is 3.29. The number of aryl methyl sites for hydroxylation is 1. The quantitative estimate of drug-likeness (QED) is 0.603. The molecule has 1 unspecified atom stereocenters. The molecule has 156 valence electrons. The standard InChI is InChI=1S/C24H31FN2O2/c1-4-6-15-26-24(29)22(5-2)27(17-19-11-13-21(25)14-12-19)23(28)16-20-10-8-7-9-18(20)3/h7-14,22H,4-6,15-17H2,1-3H3,(H,26,29). The van der Waals surface area contributed by atoms with Crippen molar-refractivity contribution < 1.29 is 14.0 Å². The van der Waals surface area contributed by atoms with E-state index < -0.39 is 6.04 Å². The van der Waals surface area contributed by atoms with Crippen molar-refractivity contribution in [2.24, 2.45) is 0 Å². The maximum atomic E-state index is 13.3. The molecule has 0 aliphatic carbocycles. The lowest BCUT2D eigenvalue weighted by atomic mass is 10.0. The van der Waals surface area contributed by atoms with Gasteiger partial charge in [0, 0.05) is 13.1 Å². The summed E-state index contributed by atoms with van der Waals surface area (Å²) in [6.07, 6.45) is 2.63. The van der Waals surface area contributed by atoms with Gasteiger partial charge in [0.1, 0.15) is 11.9 Å². The van der Waals surface area contributed by atoms with Crippen molar-refractivity contribution in [3.05, 3.63) is 71.0 Å². The summed E-state index contributed by atoms with van der Waals surface area (Å²) in [6.45, 7) is 6.81. The molecular formula is C24H31FN2O2. The van der Waals surface area contributed by atoms with Crippen LogP contribution in [0.5, 0.6) is 0 Å². The summed E-state index contributed by atoms with van der Waals surface area (Å²) in [7, 11) is 0. The average Bonchev–Trinajstić information content (AvgIpc) is 2.71. The van der Waals surface area contributed by atoms with E-state index in [2.05, 4.69) is 12.2 Å². The average molecular weight is 399 g/mol. The lowest BCUT2D eigenvalue weighted by molar-refractivity contribution is -0.140. The van der Waals surface area contributed by atoms with Gasteiger partial charge in [-0.1, -0.05) is 56.7 Å². The summed E-state index contributed by atoms with van der Waals surface area (Å²) in [5.41, 5.74) is 2.79. The van der Waals surface area contributed by atoms with Crippen LogP contribution in [-0.4, -0.2) is 29.3 Å². The summed E-state index contributed by atoms with van der Waals surface area (Å²) in [6, 6.07) is 13.3. The van der Waals surface area contributed by atoms with Crippen LogP contribution in [0.4, 0.5) is 4.39 Å². The predicted molar refractivity (Wildman–Crippen MR) is 114 cm³/mol. The molecule has 0 saturated carbocycles. The number of benzene rings is 2. The van der Waals surface area contributed by atoms with Crippen molar-refractivity contribution in [2.45, 2.75) is 59.0 Å². The highest BCUT2D eigenvalue weighted by atomic mass is 19.1. The Morgan fingerprint density at radius 2 is 1.76 bits per heavy atom. The highest BCUT2D eigenvalue weighted by Gasteiger charge is 2.28. The Labute approximate surface area is 173 Å². The van der Waals surface area contributed by atoms with Crippen LogP contribution >= 0.6 is 0 Å². The third-order valence-electron chi connectivity index (χ3n) is 5.08. The van der Waals surface area contributed by atoms with Crippen LogP contribution in [0.25, 0.3) is 0 Å². The van der Waals surface area contributed by atoms with E-state index in [0.29, 0.717) is 13.0 Å². The van der Waals surface area contributed by atoms with Gasteiger partial charge < -0.3 is 10.2 Å². The van der Waals surface area contributed by atoms with Gasteiger partial charge in [-0.15, -0.1) is 0 Å². The molecule has 2 aromatic carbocycles. The Morgan fingerprint density at radius 1 is 1.07 bits per heavy atom. The zero-order valence-electron chi connectivity index (χ0n) is 17.6. The van der Waals surface area contributed by atoms with Crippen molar-refractivity contribution in [3.63, 3.8) is 0 Å². The van der Waals surface area contributed by atoms with Gasteiger partial charge in [0.15, 0.2) is 0 Å². The number of unbranched alkanes of at least 4 members (excludes halogenated alkanes) is 1. The van der Waals surface area contributed by atoms with E-state index in [1.807, 2.05) is 38.1 Å². The zero-order chi connectivity index (χ0) is 21.2. The second kappa shape index (κ2) is 11.3. The van der Waals surface area contributed by atoms with Crippen molar-refractivity contribution >= 4 is 11.8 Å². The van der Waals surface area contributed by atoms with E-state index in [9.17, 15) is 14.0 Å². The second-order valence-corrected chi connectivity index (χ2v) is 7.32. The third kappa shape index (κ3) is 6.70. The minimum Gasteiger partial charge on any atom is -0.354 e. The van der Waals surface area contributed by atoms with Crippen LogP contribution in [-0.2, 0) is 22.6 Å². The third-order valence-corrected chi connectivity index (χ3v) is 5.08. The molecule has 0 heterocycles. The number of carbonyl (C=O) groups excluding carboxylic acids is 2. The van der Waals surface area contributed by atoms with E-state index in [1.54, 1.807) is 17.0 Å². The minimum atomic E-state index is -0.562. The number of halogens is 1. The Kier molecular flexibility index (Phi) is 8.84. The topological polar surface area (TPSA) is 49.4 Å². The fraction of sp³-hybridized carbons (Fsp3) is 0.417. The number of amides is 2. The van der Waals surface area contributed by atoms with Crippen molar-refractivity contribution in [3.8, 4) is 0 Å². The molecule has 0 aliphatic rings. The van der Waals surface area contributed by atoms with Gasteiger partial charge in [-0.05, 0) is 48.6 Å². The van der Waals surface area contributed by atoms with E-state index in [4.69, 9.17) is 0 Å². The molecular weight excluding hydrogens is 367 g/mol. The number of carbonyl (C=O) groups is 2. The molecule has 0 radical (unpaired) electrons. The summed E-state index contributed by atoms with van der Waals surface area (Å²) >= 11 is 0. The first-order valence-corrected chi connectivity index (χ1v) is 10.3. The monoisotopic (exact) mass is 398 g/mol. The summed E-state index contributed by atoms with van der Waals surface area (Å²) in [5.74, 6) is -0.571. The first kappa shape index (κ1) is 22.6. The molecule has 0 saturated heterocycles. The number of hydrogen-bond acceptors (Lipinski definition) is 2. The van der Waals surface area contributed by atoms with E-state index in [0.717, 1.165) is 29.5 Å². The highest BCUT2D eigenvalue weighted by molar-refractivity contribution is 5.88. The van der Waals surface area contributed by atoms with Crippen molar-refractivity contribution in [1.82, 2.24) is 10.2 Å². The molecule has 1 atom stereocenters. The first-order valence-electron chi connectivity index (χ1n) is 10.3. The Hall–Kier alpha value is -2.69. The molecule has 2 rings (SSSR count). The van der Waals surface area contributed by atoms with Crippen LogP contribution < -0.4 is 5.32 Å². The van der Waals surface area contributed by atoms with Gasteiger partial charge >= 0.3 is 0 Å². The number of nitrogens with one attached hydrogen (secondary N) is 1. The molecule has 5 heteroatoms. The maximum absolute atomic E-state index is 13.3. The number of hydrogen-bond donors (Lipinski definition) is 1. The van der Waals surface area contributed by atoms with Crippen LogP contribution in [0.2, 0.25) is 0 Å². The Bertz CT molecular complexity index is 805. The molecule has 0 fully saturated rings. The summed E-state index contributed by atoms with van der Waals surface area (Å²) < 4.78 is 13.3. The minimum absolute atomic E-state index is 0.110. The highest BCUT2D eigenvalue weighted by Crippen LogP contribution is 2.16. The van der Waals surface area contributed by atoms with E-state index in [1.165, 1.54) is 12.1 Å². The molecule has 0 aromatic heterocycles. The first-order chi connectivity index (χ1) is 14.0. The van der Waals surface area contributed by atoms with Crippen LogP contribution in [0.1, 0.15) is 49.8 Å². The van der Waals surface area contributed by atoms with Gasteiger partial charge in [0.05, 0.1) is 6.42 Å². The molecule has 0 spiro atoms. The molecule has 4 nitrogen and oxygen atoms in total. The molecule has 29 heavy (non-hydrogen) atoms. The van der Waals surface area contributed by atoms with E-state index >= 15 is 0 Å². The molecule has 1 N–H and O–H groups in total. The SMILES string of the molecule is CCCCNC(=O)C(CC)N(Cc1ccc(F)cc1)C(=O)Cc1ccccc1C. The lowest BCUT2D eigenvalue weighted by Gasteiger charge is -2.31. The van der Waals surface area contributed by atoms with Gasteiger partial charge in [0.2, 0.25) is 11.8 Å². The number of nitrogens with zero attached hydrogens (tertiary/aromatic N) is 1. The van der Waals surface area contributed by atoms with Gasteiger partial charge in [-0.2, -0.15) is 0 Å². The Balaban J connectivity index is 2.25. The summed E-state index contributed by atoms with van der Waals surface area (Å²) in [4.78, 5) is 27.7. The van der Waals surface area contributed by atoms with Gasteiger partial charge in [-0.3, -0.25) is 9.59 Å². The molecule has 0 aliphatic heterocycles. The van der Waals surface area contributed by atoms with Gasteiger partial charge in [-0.25, -0.2) is 4.39 Å². The normalized spacial score (nSPS) is 11.7. The van der Waals surface area contributed by atoms with Crippen molar-refractivity contribution in [1.29, 1.82) is 0 Å². The Morgan fingerprint density at radius 3 is 2.38 bits per heavy atom. The smallest absolute Gasteiger partial charge is 0.242 e.